The Hall–Kier alpha value is -3.67. The second kappa shape index (κ2) is 6.57. The molecule has 0 aliphatic carbocycles. The Bertz CT molecular complexity index is 1210. The Balaban J connectivity index is 1.65. The van der Waals surface area contributed by atoms with Crippen LogP contribution in [-0.4, -0.2) is 26.6 Å². The Morgan fingerprint density at radius 3 is 2.81 bits per heavy atom. The summed E-state index contributed by atoms with van der Waals surface area (Å²) in [6.07, 6.45) is 3.32. The van der Waals surface area contributed by atoms with Gasteiger partial charge in [-0.25, -0.2) is 10.4 Å². The topological polar surface area (TPSA) is 79.0 Å². The number of rotatable bonds is 3. The van der Waals surface area contributed by atoms with Gasteiger partial charge in [0, 0.05) is 11.8 Å². The highest BCUT2D eigenvalue weighted by Crippen LogP contribution is 2.25. The van der Waals surface area contributed by atoms with Gasteiger partial charge in [0.2, 0.25) is 0 Å². The van der Waals surface area contributed by atoms with E-state index in [-0.39, 0.29) is 11.7 Å². The fourth-order valence-corrected chi connectivity index (χ4v) is 3.17. The molecule has 2 heterocycles. The first-order valence-corrected chi connectivity index (χ1v) is 8.54. The van der Waals surface area contributed by atoms with Crippen molar-refractivity contribution in [2.24, 2.45) is 5.10 Å². The normalized spacial score (nSPS) is 11.5. The summed E-state index contributed by atoms with van der Waals surface area (Å²) in [5.74, 6) is -0.255. The predicted octanol–water partition coefficient (Wildman–Crippen LogP) is 3.57. The molecule has 2 aromatic carbocycles. The Morgan fingerprint density at radius 2 is 1.96 bits per heavy atom. The minimum Gasteiger partial charge on any atom is -0.507 e. The lowest BCUT2D eigenvalue weighted by atomic mass is 10.0. The number of hydrogen-bond donors (Lipinski definition) is 2. The van der Waals surface area contributed by atoms with Gasteiger partial charge in [0.05, 0.1) is 11.9 Å². The van der Waals surface area contributed by atoms with Crippen molar-refractivity contribution in [3.63, 3.8) is 0 Å². The van der Waals surface area contributed by atoms with E-state index in [1.54, 1.807) is 17.4 Å². The molecular formula is C21H18N4O2. The lowest BCUT2D eigenvalue weighted by Crippen LogP contribution is -2.20. The van der Waals surface area contributed by atoms with Crippen molar-refractivity contribution < 1.29 is 9.90 Å². The van der Waals surface area contributed by atoms with Crippen LogP contribution in [0.5, 0.6) is 5.75 Å². The van der Waals surface area contributed by atoms with Gasteiger partial charge in [0.15, 0.2) is 0 Å². The molecule has 0 fully saturated rings. The summed E-state index contributed by atoms with van der Waals surface area (Å²) in [5, 5.41) is 16.0. The first-order chi connectivity index (χ1) is 13.0. The molecule has 0 aliphatic rings. The van der Waals surface area contributed by atoms with Crippen LogP contribution in [0.1, 0.15) is 27.3 Å². The molecule has 4 rings (SSSR count). The van der Waals surface area contributed by atoms with Crippen LogP contribution in [0.2, 0.25) is 0 Å². The number of aromatic nitrogens is 2. The number of nitrogens with zero attached hydrogens (tertiary/aromatic N) is 3. The van der Waals surface area contributed by atoms with Crippen LogP contribution in [0.25, 0.3) is 16.4 Å². The number of benzene rings is 2. The van der Waals surface area contributed by atoms with E-state index in [1.807, 2.05) is 55.6 Å². The summed E-state index contributed by atoms with van der Waals surface area (Å²) < 4.78 is 1.75. The lowest BCUT2D eigenvalue weighted by molar-refractivity contribution is 0.0948. The first-order valence-electron chi connectivity index (χ1n) is 8.54. The molecule has 0 atom stereocenters. The zero-order valence-electron chi connectivity index (χ0n) is 15.0. The number of nitrogens with one attached hydrogen (secondary N) is 1. The number of hydrazone groups is 1. The Morgan fingerprint density at radius 1 is 1.15 bits per heavy atom. The molecule has 6 nitrogen and oxygen atoms in total. The number of fused-ring (bicyclic) bond motifs is 2. The van der Waals surface area contributed by atoms with Gasteiger partial charge in [-0.15, -0.1) is 0 Å². The summed E-state index contributed by atoms with van der Waals surface area (Å²) in [6.45, 7) is 3.75. The molecule has 0 radical (unpaired) electrons. The van der Waals surface area contributed by atoms with Crippen LogP contribution in [0.15, 0.2) is 59.8 Å². The highest BCUT2D eigenvalue weighted by Gasteiger charge is 2.16. The average Bonchev–Trinajstić information content (AvgIpc) is 2.98. The Kier molecular flexibility index (Phi) is 4.08. The molecule has 1 amide bonds. The molecule has 0 saturated carbocycles. The second-order valence-corrected chi connectivity index (χ2v) is 6.40. The maximum absolute atomic E-state index is 12.6. The quantitative estimate of drug-likeness (QED) is 0.434. The second-order valence-electron chi connectivity index (χ2n) is 6.40. The van der Waals surface area contributed by atoms with Crippen molar-refractivity contribution in [3.05, 3.63) is 77.2 Å². The van der Waals surface area contributed by atoms with E-state index >= 15 is 0 Å². The summed E-state index contributed by atoms with van der Waals surface area (Å²) >= 11 is 0. The van der Waals surface area contributed by atoms with Gasteiger partial charge >= 0.3 is 0 Å². The minimum absolute atomic E-state index is 0.105. The fraction of sp³-hybridized carbons (Fsp3) is 0.0952. The number of aryl methyl sites for hydroxylation is 2. The number of pyridine rings is 1. The van der Waals surface area contributed by atoms with Gasteiger partial charge in [-0.05, 0) is 42.3 Å². The van der Waals surface area contributed by atoms with Gasteiger partial charge < -0.3 is 5.11 Å². The zero-order valence-corrected chi connectivity index (χ0v) is 15.0. The molecule has 27 heavy (non-hydrogen) atoms. The SMILES string of the molecule is Cc1ccc2nc(C)c(C(=O)N/N=C\c3c(O)ccc4ccccc34)n2c1. The molecule has 0 spiro atoms. The van der Waals surface area contributed by atoms with E-state index in [0.717, 1.165) is 16.3 Å². The van der Waals surface area contributed by atoms with E-state index in [1.165, 1.54) is 6.21 Å². The molecule has 6 heteroatoms. The number of hydrogen-bond acceptors (Lipinski definition) is 4. The minimum atomic E-state index is -0.360. The van der Waals surface area contributed by atoms with Crippen LogP contribution >= 0.6 is 0 Å². The third-order valence-electron chi connectivity index (χ3n) is 4.46. The van der Waals surface area contributed by atoms with Gasteiger partial charge in [0.25, 0.3) is 5.91 Å². The monoisotopic (exact) mass is 358 g/mol. The van der Waals surface area contributed by atoms with Crippen molar-refractivity contribution >= 4 is 28.5 Å². The van der Waals surface area contributed by atoms with E-state index in [4.69, 9.17) is 0 Å². The largest absolute Gasteiger partial charge is 0.507 e. The van der Waals surface area contributed by atoms with Crippen molar-refractivity contribution in [2.45, 2.75) is 13.8 Å². The van der Waals surface area contributed by atoms with Gasteiger partial charge in [-0.1, -0.05) is 36.4 Å². The summed E-state index contributed by atoms with van der Waals surface area (Å²) in [7, 11) is 0. The van der Waals surface area contributed by atoms with Crippen LogP contribution < -0.4 is 5.43 Å². The molecule has 4 aromatic rings. The number of phenols is 1. The molecule has 0 saturated heterocycles. The standard InChI is InChI=1S/C21H18N4O2/c1-13-7-10-19-23-14(2)20(25(19)12-13)21(27)24-22-11-17-16-6-4-3-5-15(16)8-9-18(17)26/h3-12,26H,1-2H3,(H,24,27)/b22-11-. The number of phenolic OH excluding ortho intramolecular Hbond substituents is 1. The van der Waals surface area contributed by atoms with Crippen molar-refractivity contribution in [2.75, 3.05) is 0 Å². The smallest absolute Gasteiger partial charge is 0.290 e. The van der Waals surface area contributed by atoms with Crippen LogP contribution in [0.3, 0.4) is 0 Å². The molecular weight excluding hydrogens is 340 g/mol. The Labute approximate surface area is 155 Å². The number of carbonyl (C=O) groups excluding carboxylic acids is 1. The number of aromatic hydroxyl groups is 1. The molecule has 2 aromatic heterocycles. The van der Waals surface area contributed by atoms with Crippen LogP contribution in [-0.2, 0) is 0 Å². The number of amides is 1. The third kappa shape index (κ3) is 3.01. The van der Waals surface area contributed by atoms with E-state index in [0.29, 0.717) is 22.6 Å². The van der Waals surface area contributed by atoms with Crippen LogP contribution in [0.4, 0.5) is 0 Å². The molecule has 0 unspecified atom stereocenters. The third-order valence-corrected chi connectivity index (χ3v) is 4.46. The van der Waals surface area contributed by atoms with Gasteiger partial charge in [-0.3, -0.25) is 9.20 Å². The summed E-state index contributed by atoms with van der Waals surface area (Å²) in [5.41, 5.74) is 5.89. The fourth-order valence-electron chi connectivity index (χ4n) is 3.17. The highest BCUT2D eigenvalue weighted by molar-refractivity contribution is 6.03. The zero-order chi connectivity index (χ0) is 19.0. The lowest BCUT2D eigenvalue weighted by Gasteiger charge is -2.05. The molecule has 134 valence electrons. The first kappa shape index (κ1) is 16.8. The molecule has 0 bridgehead atoms. The van der Waals surface area contributed by atoms with E-state index in [9.17, 15) is 9.90 Å². The van der Waals surface area contributed by atoms with Crippen molar-refractivity contribution in [1.82, 2.24) is 14.8 Å². The van der Waals surface area contributed by atoms with E-state index in [2.05, 4.69) is 15.5 Å². The maximum Gasteiger partial charge on any atom is 0.290 e. The van der Waals surface area contributed by atoms with E-state index < -0.39 is 0 Å². The summed E-state index contributed by atoms with van der Waals surface area (Å²) in [6, 6.07) is 14.9. The predicted molar refractivity (Wildman–Crippen MR) is 105 cm³/mol. The van der Waals surface area contributed by atoms with Crippen molar-refractivity contribution in [3.8, 4) is 5.75 Å². The maximum atomic E-state index is 12.6. The highest BCUT2D eigenvalue weighted by atomic mass is 16.3. The number of imidazole rings is 1. The van der Waals surface area contributed by atoms with Crippen LogP contribution in [0, 0.1) is 13.8 Å². The van der Waals surface area contributed by atoms with Gasteiger partial charge in [0.1, 0.15) is 17.1 Å². The summed E-state index contributed by atoms with van der Waals surface area (Å²) in [4.78, 5) is 17.0. The average molecular weight is 358 g/mol. The number of carbonyl (C=O) groups is 1. The van der Waals surface area contributed by atoms with Gasteiger partial charge in [-0.2, -0.15) is 5.10 Å². The molecule has 2 N–H and O–H groups in total. The molecule has 0 aliphatic heterocycles. The van der Waals surface area contributed by atoms with Crippen molar-refractivity contribution in [1.29, 1.82) is 0 Å².